The zero-order valence-corrected chi connectivity index (χ0v) is 10.0. The Balaban J connectivity index is 2.29. The molecule has 0 heterocycles. The van der Waals surface area contributed by atoms with Gasteiger partial charge in [0.2, 0.25) is 0 Å². The lowest BCUT2D eigenvalue weighted by Crippen LogP contribution is -2.32. The molecule has 1 aromatic rings. The molecule has 0 bridgehead atoms. The number of benzene rings is 1. The molecule has 4 heteroatoms. The molecule has 0 saturated heterocycles. The number of rotatable bonds is 6. The summed E-state index contributed by atoms with van der Waals surface area (Å²) in [6.45, 7) is 0.286. The Kier molecular flexibility index (Phi) is 5.96. The van der Waals surface area contributed by atoms with E-state index < -0.39 is 6.04 Å². The van der Waals surface area contributed by atoms with Crippen molar-refractivity contribution in [2.45, 2.75) is 25.5 Å². The molecule has 0 aliphatic rings. The zero-order valence-electron chi connectivity index (χ0n) is 9.13. The van der Waals surface area contributed by atoms with E-state index in [0.717, 1.165) is 17.7 Å². The first-order valence-corrected chi connectivity index (χ1v) is 5.94. The molecule has 1 atom stereocenters. The molecule has 0 aromatic heterocycles. The van der Waals surface area contributed by atoms with E-state index in [4.69, 9.17) is 10.5 Å². The maximum Gasteiger partial charge on any atom is 0.323 e. The highest BCUT2D eigenvalue weighted by molar-refractivity contribution is 7.80. The molecular weight excluding hydrogens is 222 g/mol. The highest BCUT2D eigenvalue weighted by Gasteiger charge is 2.13. The average Bonchev–Trinajstić information content (AvgIpc) is 2.34. The minimum atomic E-state index is -0.532. The van der Waals surface area contributed by atoms with Crippen molar-refractivity contribution in [2.75, 3.05) is 5.75 Å². The van der Waals surface area contributed by atoms with Crippen LogP contribution in [0.1, 0.15) is 18.4 Å². The van der Waals surface area contributed by atoms with E-state index in [1.165, 1.54) is 0 Å². The van der Waals surface area contributed by atoms with Gasteiger partial charge in [0.05, 0.1) is 0 Å². The van der Waals surface area contributed by atoms with Crippen molar-refractivity contribution in [3.8, 4) is 0 Å². The average molecular weight is 239 g/mol. The van der Waals surface area contributed by atoms with Gasteiger partial charge >= 0.3 is 5.97 Å². The van der Waals surface area contributed by atoms with E-state index in [0.29, 0.717) is 6.42 Å². The Morgan fingerprint density at radius 1 is 1.38 bits per heavy atom. The van der Waals surface area contributed by atoms with E-state index in [-0.39, 0.29) is 12.6 Å². The normalized spacial score (nSPS) is 12.1. The molecule has 1 aromatic carbocycles. The van der Waals surface area contributed by atoms with Crippen LogP contribution >= 0.6 is 12.6 Å². The monoisotopic (exact) mass is 239 g/mol. The first kappa shape index (κ1) is 13.1. The van der Waals surface area contributed by atoms with Gasteiger partial charge in [0.15, 0.2) is 0 Å². The lowest BCUT2D eigenvalue weighted by molar-refractivity contribution is -0.146. The lowest BCUT2D eigenvalue weighted by atomic mass is 10.2. The summed E-state index contributed by atoms with van der Waals surface area (Å²) in [6, 6.07) is 9.02. The van der Waals surface area contributed by atoms with Crippen LogP contribution in [0, 0.1) is 0 Å². The highest BCUT2D eigenvalue weighted by atomic mass is 32.1. The van der Waals surface area contributed by atoms with Gasteiger partial charge in [-0.15, -0.1) is 0 Å². The minimum absolute atomic E-state index is 0.286. The second kappa shape index (κ2) is 7.30. The standard InChI is InChI=1S/C12H17NO2S/c13-11(7-4-8-16)12(14)15-9-10-5-2-1-3-6-10/h1-3,5-6,11,16H,4,7-9,13H2/t11-/m1/s1. The fraction of sp³-hybridized carbons (Fsp3) is 0.417. The number of esters is 1. The third-order valence-electron chi connectivity index (χ3n) is 2.20. The van der Waals surface area contributed by atoms with Crippen molar-refractivity contribution < 1.29 is 9.53 Å². The highest BCUT2D eigenvalue weighted by Crippen LogP contribution is 2.03. The molecule has 0 unspecified atom stereocenters. The fourth-order valence-corrected chi connectivity index (χ4v) is 1.45. The van der Waals surface area contributed by atoms with Crippen molar-refractivity contribution in [3.05, 3.63) is 35.9 Å². The Bertz CT molecular complexity index is 316. The molecule has 2 N–H and O–H groups in total. The number of hydrogen-bond donors (Lipinski definition) is 2. The van der Waals surface area contributed by atoms with Gasteiger partial charge in [-0.1, -0.05) is 30.3 Å². The molecule has 0 amide bonds. The van der Waals surface area contributed by atoms with Crippen molar-refractivity contribution in [3.63, 3.8) is 0 Å². The number of nitrogens with two attached hydrogens (primary N) is 1. The summed E-state index contributed by atoms with van der Waals surface area (Å²) in [5.41, 5.74) is 6.63. The number of thiol groups is 1. The van der Waals surface area contributed by atoms with Gasteiger partial charge in [-0.05, 0) is 24.2 Å². The Hall–Kier alpha value is -1.00. The molecule has 0 aliphatic heterocycles. The maximum absolute atomic E-state index is 11.5. The second-order valence-corrected chi connectivity index (χ2v) is 4.01. The van der Waals surface area contributed by atoms with E-state index in [1.807, 2.05) is 30.3 Å². The van der Waals surface area contributed by atoms with Crippen LogP contribution < -0.4 is 5.73 Å². The van der Waals surface area contributed by atoms with Crippen molar-refractivity contribution in [2.24, 2.45) is 5.73 Å². The van der Waals surface area contributed by atoms with Crippen LogP contribution in [-0.4, -0.2) is 17.8 Å². The first-order chi connectivity index (χ1) is 7.74. The van der Waals surface area contributed by atoms with Crippen molar-refractivity contribution in [1.29, 1.82) is 0 Å². The number of carbonyl (C=O) groups excluding carboxylic acids is 1. The first-order valence-electron chi connectivity index (χ1n) is 5.31. The Morgan fingerprint density at radius 2 is 2.06 bits per heavy atom. The van der Waals surface area contributed by atoms with Crippen LogP contribution in [0.25, 0.3) is 0 Å². The number of carbonyl (C=O) groups is 1. The molecule has 3 nitrogen and oxygen atoms in total. The van der Waals surface area contributed by atoms with Crippen LogP contribution in [0.5, 0.6) is 0 Å². The molecule has 88 valence electrons. The van der Waals surface area contributed by atoms with E-state index in [9.17, 15) is 4.79 Å². The number of hydrogen-bond acceptors (Lipinski definition) is 4. The van der Waals surface area contributed by atoms with Gasteiger partial charge < -0.3 is 10.5 Å². The molecule has 0 spiro atoms. The molecule has 0 saturated carbocycles. The van der Waals surface area contributed by atoms with Crippen molar-refractivity contribution in [1.82, 2.24) is 0 Å². The van der Waals surface area contributed by atoms with Gasteiger partial charge in [0, 0.05) is 0 Å². The largest absolute Gasteiger partial charge is 0.460 e. The third-order valence-corrected chi connectivity index (χ3v) is 2.52. The summed E-state index contributed by atoms with van der Waals surface area (Å²) in [7, 11) is 0. The van der Waals surface area contributed by atoms with Crippen LogP contribution in [0.3, 0.4) is 0 Å². The van der Waals surface area contributed by atoms with Gasteiger partial charge in [0.1, 0.15) is 12.6 Å². The van der Waals surface area contributed by atoms with Crippen molar-refractivity contribution >= 4 is 18.6 Å². The van der Waals surface area contributed by atoms with Gasteiger partial charge in [-0.3, -0.25) is 4.79 Å². The summed E-state index contributed by atoms with van der Waals surface area (Å²) in [4.78, 5) is 11.5. The summed E-state index contributed by atoms with van der Waals surface area (Å²) >= 11 is 4.07. The molecule has 0 radical (unpaired) electrons. The summed E-state index contributed by atoms with van der Waals surface area (Å²) in [6.07, 6.45) is 1.45. The van der Waals surface area contributed by atoms with Gasteiger partial charge in [-0.25, -0.2) is 0 Å². The van der Waals surface area contributed by atoms with E-state index in [1.54, 1.807) is 0 Å². The van der Waals surface area contributed by atoms with Crippen LogP contribution in [-0.2, 0) is 16.1 Å². The smallest absolute Gasteiger partial charge is 0.323 e. The predicted octanol–water partition coefficient (Wildman–Crippen LogP) is 1.77. The summed E-state index contributed by atoms with van der Waals surface area (Å²) in [5, 5.41) is 0. The zero-order chi connectivity index (χ0) is 11.8. The van der Waals surface area contributed by atoms with Crippen LogP contribution in [0.2, 0.25) is 0 Å². The third kappa shape index (κ3) is 4.68. The summed E-state index contributed by atoms with van der Waals surface area (Å²) < 4.78 is 5.10. The van der Waals surface area contributed by atoms with Crippen LogP contribution in [0.15, 0.2) is 30.3 Å². The van der Waals surface area contributed by atoms with Gasteiger partial charge in [-0.2, -0.15) is 12.6 Å². The fourth-order valence-electron chi connectivity index (χ4n) is 1.26. The van der Waals surface area contributed by atoms with E-state index in [2.05, 4.69) is 12.6 Å². The Morgan fingerprint density at radius 3 is 2.69 bits per heavy atom. The maximum atomic E-state index is 11.5. The molecule has 0 fully saturated rings. The quantitative estimate of drug-likeness (QED) is 0.587. The molecular formula is C12H17NO2S. The lowest BCUT2D eigenvalue weighted by Gasteiger charge is -2.10. The van der Waals surface area contributed by atoms with Crippen LogP contribution in [0.4, 0.5) is 0 Å². The molecule has 1 rings (SSSR count). The topological polar surface area (TPSA) is 52.3 Å². The predicted molar refractivity (Wildman–Crippen MR) is 67.3 cm³/mol. The summed E-state index contributed by atoms with van der Waals surface area (Å²) in [5.74, 6) is 0.394. The Labute approximate surface area is 101 Å². The minimum Gasteiger partial charge on any atom is -0.460 e. The number of ether oxygens (including phenoxy) is 1. The van der Waals surface area contributed by atoms with Gasteiger partial charge in [0.25, 0.3) is 0 Å². The molecule has 0 aliphatic carbocycles. The SMILES string of the molecule is N[C@H](CCCS)C(=O)OCc1ccccc1. The second-order valence-electron chi connectivity index (χ2n) is 3.57. The van der Waals surface area contributed by atoms with E-state index >= 15 is 0 Å². The molecule has 16 heavy (non-hydrogen) atoms.